The van der Waals surface area contributed by atoms with Gasteiger partial charge in [0.1, 0.15) is 12.3 Å². The molecule has 0 saturated heterocycles. The number of ether oxygens (including phenoxy) is 1. The second kappa shape index (κ2) is 8.90. The molecule has 0 aliphatic carbocycles. The van der Waals surface area contributed by atoms with Crippen molar-refractivity contribution in [1.29, 1.82) is 0 Å². The molecular formula is C11H19N3O5. The predicted octanol–water partition coefficient (Wildman–Crippen LogP) is 1.56. The minimum atomic E-state index is -0.883. The Hall–Kier alpha value is -2.12. The normalized spacial score (nSPS) is 13.8. The maximum atomic E-state index is 11.1. The molecule has 1 unspecified atom stereocenters. The van der Waals surface area contributed by atoms with E-state index in [9.17, 15) is 14.9 Å². The van der Waals surface area contributed by atoms with Gasteiger partial charge in [-0.2, -0.15) is 0 Å². The van der Waals surface area contributed by atoms with Gasteiger partial charge in [0.15, 0.2) is 0 Å². The van der Waals surface area contributed by atoms with E-state index in [0.29, 0.717) is 18.5 Å². The van der Waals surface area contributed by atoms with E-state index in [0.717, 1.165) is 0 Å². The highest BCUT2D eigenvalue weighted by Crippen LogP contribution is 2.10. The lowest BCUT2D eigenvalue weighted by Crippen LogP contribution is -2.26. The molecule has 0 bridgehead atoms. The average molecular weight is 273 g/mol. The highest BCUT2D eigenvalue weighted by atomic mass is 16.6. The Morgan fingerprint density at radius 3 is 2.63 bits per heavy atom. The van der Waals surface area contributed by atoms with Crippen LogP contribution in [0.4, 0.5) is 4.79 Å². The summed E-state index contributed by atoms with van der Waals surface area (Å²) in [7, 11) is 0. The van der Waals surface area contributed by atoms with Gasteiger partial charge in [-0.15, -0.1) is 0 Å². The lowest BCUT2D eigenvalue weighted by Gasteiger charge is -2.08. The third-order valence-corrected chi connectivity index (χ3v) is 2.41. The summed E-state index contributed by atoms with van der Waals surface area (Å²) in [5, 5.41) is 24.9. The molecule has 0 aromatic rings. The maximum Gasteiger partial charge on any atom is 0.407 e. The van der Waals surface area contributed by atoms with E-state index in [4.69, 9.17) is 9.94 Å². The molecule has 8 nitrogen and oxygen atoms in total. The number of carbonyl (C=O) groups excluding carboxylic acids is 1. The molecule has 0 saturated carbocycles. The van der Waals surface area contributed by atoms with Crippen LogP contribution in [0.1, 0.15) is 27.2 Å². The van der Waals surface area contributed by atoms with Gasteiger partial charge in [0.2, 0.25) is 6.04 Å². The van der Waals surface area contributed by atoms with Crippen molar-refractivity contribution >= 4 is 11.8 Å². The highest BCUT2D eigenvalue weighted by Gasteiger charge is 2.18. The zero-order valence-electron chi connectivity index (χ0n) is 11.3. The zero-order valence-corrected chi connectivity index (χ0v) is 11.3. The van der Waals surface area contributed by atoms with Crippen LogP contribution in [0.5, 0.6) is 0 Å². The molecule has 0 spiro atoms. The van der Waals surface area contributed by atoms with Gasteiger partial charge >= 0.3 is 6.09 Å². The summed E-state index contributed by atoms with van der Waals surface area (Å²) in [4.78, 5) is 21.3. The fraction of sp³-hybridized carbons (Fsp3) is 0.636. The molecular weight excluding hydrogens is 254 g/mol. The monoisotopic (exact) mass is 273 g/mol. The van der Waals surface area contributed by atoms with Crippen LogP contribution >= 0.6 is 0 Å². The highest BCUT2D eigenvalue weighted by molar-refractivity contribution is 5.97. The molecule has 0 rings (SSSR count). The van der Waals surface area contributed by atoms with Crippen LogP contribution in [0.2, 0.25) is 0 Å². The molecule has 0 heterocycles. The van der Waals surface area contributed by atoms with Crippen LogP contribution in [0.3, 0.4) is 0 Å². The maximum absolute atomic E-state index is 11.1. The van der Waals surface area contributed by atoms with Crippen molar-refractivity contribution in [3.05, 3.63) is 21.8 Å². The first kappa shape index (κ1) is 16.9. The molecule has 19 heavy (non-hydrogen) atoms. The Balaban J connectivity index is 4.68. The van der Waals surface area contributed by atoms with Crippen LogP contribution in [0, 0.1) is 10.1 Å². The number of nitrogens with zero attached hydrogens (tertiary/aromatic N) is 2. The predicted molar refractivity (Wildman–Crippen MR) is 69.1 cm³/mol. The Bertz CT molecular complexity index is 379. The van der Waals surface area contributed by atoms with E-state index in [1.54, 1.807) is 13.8 Å². The van der Waals surface area contributed by atoms with Crippen molar-refractivity contribution in [1.82, 2.24) is 5.32 Å². The smallest absolute Gasteiger partial charge is 0.407 e. The number of amides is 1. The Morgan fingerprint density at radius 1 is 1.58 bits per heavy atom. The molecule has 0 aliphatic rings. The third-order valence-electron chi connectivity index (χ3n) is 2.41. The van der Waals surface area contributed by atoms with Crippen molar-refractivity contribution in [2.75, 3.05) is 13.2 Å². The number of alkyl carbamates (subject to hydrolysis) is 1. The second-order valence-corrected chi connectivity index (χ2v) is 3.73. The van der Waals surface area contributed by atoms with Gasteiger partial charge in [-0.1, -0.05) is 12.1 Å². The zero-order chi connectivity index (χ0) is 14.8. The molecule has 8 heteroatoms. The van der Waals surface area contributed by atoms with Crippen molar-refractivity contribution in [2.45, 2.75) is 33.2 Å². The van der Waals surface area contributed by atoms with Gasteiger partial charge in [-0.25, -0.2) is 4.79 Å². The Labute approximate surface area is 111 Å². The summed E-state index contributed by atoms with van der Waals surface area (Å²) in [6, 6.07) is -0.883. The van der Waals surface area contributed by atoms with E-state index in [1.165, 1.54) is 13.0 Å². The molecule has 0 aromatic carbocycles. The van der Waals surface area contributed by atoms with Crippen molar-refractivity contribution in [2.24, 2.45) is 5.16 Å². The van der Waals surface area contributed by atoms with Crippen LogP contribution in [0.25, 0.3) is 0 Å². The van der Waals surface area contributed by atoms with Crippen LogP contribution in [-0.2, 0) is 4.74 Å². The van der Waals surface area contributed by atoms with Gasteiger partial charge in [-0.05, 0) is 19.4 Å². The summed E-state index contributed by atoms with van der Waals surface area (Å²) in [5.74, 6) is 0. The lowest BCUT2D eigenvalue weighted by molar-refractivity contribution is -0.507. The summed E-state index contributed by atoms with van der Waals surface area (Å²) in [6.07, 6.45) is 1.16. The fourth-order valence-electron chi connectivity index (χ4n) is 1.30. The van der Waals surface area contributed by atoms with Gasteiger partial charge in [0.05, 0.1) is 0 Å². The van der Waals surface area contributed by atoms with Gasteiger partial charge in [0, 0.05) is 24.0 Å². The number of nitrogens with one attached hydrogen (secondary N) is 1. The summed E-state index contributed by atoms with van der Waals surface area (Å²) in [5.41, 5.74) is 0.536. The van der Waals surface area contributed by atoms with Crippen LogP contribution in [0.15, 0.2) is 16.8 Å². The first-order valence-corrected chi connectivity index (χ1v) is 5.91. The fourth-order valence-corrected chi connectivity index (χ4v) is 1.30. The number of nitro groups is 1. The van der Waals surface area contributed by atoms with Gasteiger partial charge in [0.25, 0.3) is 0 Å². The summed E-state index contributed by atoms with van der Waals surface area (Å²) < 4.78 is 4.77. The minimum absolute atomic E-state index is 0.0526. The summed E-state index contributed by atoms with van der Waals surface area (Å²) >= 11 is 0. The van der Waals surface area contributed by atoms with Crippen LogP contribution in [-0.4, -0.2) is 41.1 Å². The summed E-state index contributed by atoms with van der Waals surface area (Å²) in [6.45, 7) is 5.09. The van der Waals surface area contributed by atoms with Crippen molar-refractivity contribution in [3.63, 3.8) is 0 Å². The Morgan fingerprint density at radius 2 is 2.21 bits per heavy atom. The molecule has 0 aliphatic heterocycles. The Kier molecular flexibility index (Phi) is 7.90. The molecule has 0 fully saturated rings. The van der Waals surface area contributed by atoms with Crippen molar-refractivity contribution in [3.8, 4) is 0 Å². The number of hydrogen-bond acceptors (Lipinski definition) is 6. The topological polar surface area (TPSA) is 114 Å². The minimum Gasteiger partial charge on any atom is -0.443 e. The number of oxime groups is 1. The van der Waals surface area contributed by atoms with Gasteiger partial charge < -0.3 is 15.3 Å². The SMILES string of the molecule is CCNC(=O)OCC(C=C(CC)C(C)[N+](=O)[O-])=NO. The molecule has 0 radical (unpaired) electrons. The molecule has 1 atom stereocenters. The van der Waals surface area contributed by atoms with E-state index < -0.39 is 17.1 Å². The number of rotatable bonds is 7. The molecule has 2 N–H and O–H groups in total. The molecule has 108 valence electrons. The number of carbonyl (C=O) groups is 1. The van der Waals surface area contributed by atoms with Crippen LogP contribution < -0.4 is 5.32 Å². The van der Waals surface area contributed by atoms with E-state index in [2.05, 4.69) is 10.5 Å². The lowest BCUT2D eigenvalue weighted by atomic mass is 10.1. The van der Waals surface area contributed by atoms with E-state index in [-0.39, 0.29) is 12.3 Å². The van der Waals surface area contributed by atoms with Gasteiger partial charge in [-0.3, -0.25) is 10.1 Å². The first-order chi connectivity index (χ1) is 8.96. The molecule has 1 amide bonds. The standard InChI is InChI=1S/C11H19N3O5/c1-4-9(8(3)14(17)18)6-10(13-16)7-19-11(15)12-5-2/h6,8,16H,4-5,7H2,1-3H3,(H,12,15). The third kappa shape index (κ3) is 6.39. The number of hydrogen-bond donors (Lipinski definition) is 2. The average Bonchev–Trinajstić information content (AvgIpc) is 2.38. The molecule has 0 aromatic heterocycles. The quantitative estimate of drug-likeness (QED) is 0.316. The van der Waals surface area contributed by atoms with E-state index >= 15 is 0 Å². The largest absolute Gasteiger partial charge is 0.443 e. The van der Waals surface area contributed by atoms with E-state index in [1.807, 2.05) is 0 Å². The van der Waals surface area contributed by atoms with Crippen molar-refractivity contribution < 1.29 is 19.7 Å². The second-order valence-electron chi connectivity index (χ2n) is 3.73. The first-order valence-electron chi connectivity index (χ1n) is 5.91.